The average molecular weight is 473 g/mol. The number of ether oxygens (including phenoxy) is 1. The minimum atomic E-state index is -0.510. The number of amides is 1. The van der Waals surface area contributed by atoms with Gasteiger partial charge >= 0.3 is 5.97 Å². The second-order valence-electron chi connectivity index (χ2n) is 8.39. The molecule has 180 valence electrons. The second kappa shape index (κ2) is 10.9. The van der Waals surface area contributed by atoms with Crippen LogP contribution < -0.4 is 10.6 Å². The molecule has 0 aliphatic heterocycles. The van der Waals surface area contributed by atoms with Gasteiger partial charge in [-0.1, -0.05) is 0 Å². The number of hydrogen-bond acceptors (Lipinski definition) is 6. The Bertz CT molecular complexity index is 1400. The molecular weight excluding hydrogens is 444 g/mol. The van der Waals surface area contributed by atoms with Crippen molar-refractivity contribution in [1.29, 1.82) is 5.26 Å². The molecule has 8 heteroatoms. The molecule has 1 amide bonds. The van der Waals surface area contributed by atoms with Crippen LogP contribution in [0, 0.1) is 11.3 Å². The van der Waals surface area contributed by atoms with Crippen LogP contribution >= 0.6 is 0 Å². The summed E-state index contributed by atoms with van der Waals surface area (Å²) < 4.78 is 10.5. The number of nitriles is 1. The number of H-pyrrole nitrogens is 1. The van der Waals surface area contributed by atoms with Gasteiger partial charge in [0.1, 0.15) is 5.58 Å². The summed E-state index contributed by atoms with van der Waals surface area (Å²) in [7, 11) is 0. The van der Waals surface area contributed by atoms with E-state index in [1.54, 1.807) is 31.2 Å². The lowest BCUT2D eigenvalue weighted by atomic mass is 10.1. The summed E-state index contributed by atoms with van der Waals surface area (Å²) in [5.41, 5.74) is 4.07. The minimum Gasteiger partial charge on any atom is -0.460 e. The summed E-state index contributed by atoms with van der Waals surface area (Å²) in [6.07, 6.45) is 4.78. The standard InChI is InChI=1S/C27H28N4O4/c1-3-34-27(33)25-14-20-13-21(8-10-24(20)35-25)31-26(32)17(2)29-11-5-4-6-19-16-30-23-9-7-18(15-28)12-22(19)23/h7-10,12-14,16-17,29-30H,3-6,11H2,1-2H3,(H,31,32). The van der Waals surface area contributed by atoms with E-state index >= 15 is 0 Å². The first-order chi connectivity index (χ1) is 17.0. The highest BCUT2D eigenvalue weighted by atomic mass is 16.5. The molecule has 8 nitrogen and oxygen atoms in total. The Morgan fingerprint density at radius 1 is 1.17 bits per heavy atom. The number of fused-ring (bicyclic) bond motifs is 2. The third-order valence-corrected chi connectivity index (χ3v) is 5.87. The van der Waals surface area contributed by atoms with E-state index in [0.29, 0.717) is 28.8 Å². The number of carbonyl (C=O) groups is 2. The number of unbranched alkanes of at least 4 members (excludes halogenated alkanes) is 1. The van der Waals surface area contributed by atoms with Gasteiger partial charge in [0.25, 0.3) is 0 Å². The molecule has 3 N–H and O–H groups in total. The molecular formula is C27H28N4O4. The van der Waals surface area contributed by atoms with Crippen LogP contribution in [-0.2, 0) is 16.0 Å². The number of furan rings is 1. The highest BCUT2D eigenvalue weighted by Gasteiger charge is 2.16. The Labute approximate surface area is 203 Å². The van der Waals surface area contributed by atoms with E-state index in [4.69, 9.17) is 14.4 Å². The van der Waals surface area contributed by atoms with Gasteiger partial charge in [0.15, 0.2) is 0 Å². The van der Waals surface area contributed by atoms with Gasteiger partial charge < -0.3 is 24.8 Å². The topological polar surface area (TPSA) is 120 Å². The molecule has 0 saturated heterocycles. The molecule has 1 unspecified atom stereocenters. The highest BCUT2D eigenvalue weighted by molar-refractivity contribution is 5.98. The van der Waals surface area contributed by atoms with E-state index in [1.165, 1.54) is 5.56 Å². The maximum Gasteiger partial charge on any atom is 0.374 e. The molecule has 0 saturated carbocycles. The molecule has 4 rings (SSSR count). The van der Waals surface area contributed by atoms with Gasteiger partial charge in [-0.25, -0.2) is 4.79 Å². The smallest absolute Gasteiger partial charge is 0.374 e. The number of nitrogens with zero attached hydrogens (tertiary/aromatic N) is 1. The first-order valence-electron chi connectivity index (χ1n) is 11.7. The number of anilines is 1. The van der Waals surface area contributed by atoms with Crippen molar-refractivity contribution in [2.75, 3.05) is 18.5 Å². The number of hydrogen-bond donors (Lipinski definition) is 3. The Balaban J connectivity index is 1.24. The van der Waals surface area contributed by atoms with Crippen LogP contribution in [0.5, 0.6) is 0 Å². The number of carbonyl (C=O) groups excluding carboxylic acids is 2. The van der Waals surface area contributed by atoms with Crippen LogP contribution in [0.3, 0.4) is 0 Å². The predicted octanol–water partition coefficient (Wildman–Crippen LogP) is 4.90. The molecule has 0 aliphatic rings. The van der Waals surface area contributed by atoms with Gasteiger partial charge in [0.2, 0.25) is 11.7 Å². The van der Waals surface area contributed by atoms with E-state index in [9.17, 15) is 9.59 Å². The van der Waals surface area contributed by atoms with Crippen LogP contribution in [0.15, 0.2) is 53.1 Å². The van der Waals surface area contributed by atoms with E-state index in [0.717, 1.165) is 30.2 Å². The van der Waals surface area contributed by atoms with Crippen molar-refractivity contribution >= 4 is 39.4 Å². The second-order valence-corrected chi connectivity index (χ2v) is 8.39. The lowest BCUT2D eigenvalue weighted by Gasteiger charge is -2.14. The SMILES string of the molecule is CCOC(=O)c1cc2cc(NC(=O)C(C)NCCCCc3c[nH]c4ccc(C#N)cc34)ccc2o1. The van der Waals surface area contributed by atoms with Gasteiger partial charge in [0.05, 0.1) is 24.3 Å². The zero-order valence-corrected chi connectivity index (χ0v) is 19.8. The monoisotopic (exact) mass is 472 g/mol. The van der Waals surface area contributed by atoms with E-state index in [1.807, 2.05) is 31.3 Å². The number of aromatic nitrogens is 1. The van der Waals surface area contributed by atoms with Crippen LogP contribution in [-0.4, -0.2) is 36.1 Å². The zero-order chi connectivity index (χ0) is 24.8. The van der Waals surface area contributed by atoms with Crippen LogP contribution in [0.2, 0.25) is 0 Å². The van der Waals surface area contributed by atoms with Crippen molar-refractivity contribution in [1.82, 2.24) is 10.3 Å². The fourth-order valence-corrected chi connectivity index (χ4v) is 3.98. The zero-order valence-electron chi connectivity index (χ0n) is 19.8. The van der Waals surface area contributed by atoms with Crippen LogP contribution in [0.25, 0.3) is 21.9 Å². The van der Waals surface area contributed by atoms with E-state index in [2.05, 4.69) is 21.7 Å². The molecule has 2 aromatic heterocycles. The number of aryl methyl sites for hydroxylation is 1. The van der Waals surface area contributed by atoms with E-state index in [-0.39, 0.29) is 24.3 Å². The molecule has 0 fully saturated rings. The van der Waals surface area contributed by atoms with Crippen LogP contribution in [0.4, 0.5) is 5.69 Å². The summed E-state index contributed by atoms with van der Waals surface area (Å²) in [5.74, 6) is -0.513. The maximum absolute atomic E-state index is 12.6. The van der Waals surface area contributed by atoms with Crippen molar-refractivity contribution in [3.05, 3.63) is 65.5 Å². The highest BCUT2D eigenvalue weighted by Crippen LogP contribution is 2.24. The largest absolute Gasteiger partial charge is 0.460 e. The fourth-order valence-electron chi connectivity index (χ4n) is 3.98. The molecule has 0 spiro atoms. The summed E-state index contributed by atoms with van der Waals surface area (Å²) in [6, 6.07) is 14.3. The number of esters is 1. The third-order valence-electron chi connectivity index (χ3n) is 5.87. The molecule has 4 aromatic rings. The van der Waals surface area contributed by atoms with E-state index < -0.39 is 5.97 Å². The number of benzene rings is 2. The molecule has 1 atom stereocenters. The Hall–Kier alpha value is -4.09. The minimum absolute atomic E-state index is 0.138. The number of aromatic amines is 1. The first-order valence-corrected chi connectivity index (χ1v) is 11.7. The number of nitrogens with one attached hydrogen (secondary N) is 3. The van der Waals surface area contributed by atoms with Gasteiger partial charge in [-0.2, -0.15) is 5.26 Å². The van der Waals surface area contributed by atoms with Gasteiger partial charge in [0, 0.05) is 28.2 Å². The Morgan fingerprint density at radius 2 is 2.03 bits per heavy atom. The average Bonchev–Trinajstić information content (AvgIpc) is 3.47. The lowest BCUT2D eigenvalue weighted by molar-refractivity contribution is -0.117. The summed E-state index contributed by atoms with van der Waals surface area (Å²) >= 11 is 0. The molecule has 0 aliphatic carbocycles. The molecule has 2 aromatic carbocycles. The Kier molecular flexibility index (Phi) is 7.48. The quantitative estimate of drug-likeness (QED) is 0.223. The summed E-state index contributed by atoms with van der Waals surface area (Å²) in [6.45, 7) is 4.55. The normalized spacial score (nSPS) is 11.9. The Morgan fingerprint density at radius 3 is 2.83 bits per heavy atom. The maximum atomic E-state index is 12.6. The summed E-state index contributed by atoms with van der Waals surface area (Å²) in [5, 5.41) is 17.1. The van der Waals surface area contributed by atoms with Crippen molar-refractivity contribution in [3.63, 3.8) is 0 Å². The van der Waals surface area contributed by atoms with Crippen molar-refractivity contribution in [2.45, 2.75) is 39.2 Å². The molecule has 0 bridgehead atoms. The first kappa shape index (κ1) is 24.0. The van der Waals surface area contributed by atoms with Gasteiger partial charge in [-0.3, -0.25) is 4.79 Å². The van der Waals surface area contributed by atoms with Crippen molar-refractivity contribution in [2.24, 2.45) is 0 Å². The number of rotatable bonds is 10. The van der Waals surface area contributed by atoms with Gasteiger partial charge in [-0.05, 0) is 87.7 Å². The summed E-state index contributed by atoms with van der Waals surface area (Å²) in [4.78, 5) is 27.7. The molecule has 2 heterocycles. The predicted molar refractivity (Wildman–Crippen MR) is 134 cm³/mol. The van der Waals surface area contributed by atoms with Crippen molar-refractivity contribution in [3.8, 4) is 6.07 Å². The third kappa shape index (κ3) is 5.70. The molecule has 35 heavy (non-hydrogen) atoms. The fraction of sp³-hybridized carbons (Fsp3) is 0.296. The molecule has 0 radical (unpaired) electrons. The van der Waals surface area contributed by atoms with Crippen molar-refractivity contribution < 1.29 is 18.7 Å². The van der Waals surface area contributed by atoms with Crippen LogP contribution in [0.1, 0.15) is 48.4 Å². The van der Waals surface area contributed by atoms with Gasteiger partial charge in [-0.15, -0.1) is 0 Å². The lowest BCUT2D eigenvalue weighted by Crippen LogP contribution is -2.38.